The summed E-state index contributed by atoms with van der Waals surface area (Å²) >= 11 is 0. The summed E-state index contributed by atoms with van der Waals surface area (Å²) in [4.78, 5) is 34.4. The van der Waals surface area contributed by atoms with Crippen molar-refractivity contribution in [3.05, 3.63) is 74.8 Å². The Kier molecular flexibility index (Phi) is 6.59. The molecule has 0 saturated heterocycles. The van der Waals surface area contributed by atoms with E-state index >= 15 is 0 Å². The van der Waals surface area contributed by atoms with Gasteiger partial charge in [0.15, 0.2) is 0 Å². The second kappa shape index (κ2) is 9.32. The molecule has 0 unspecified atom stereocenters. The largest absolute Gasteiger partial charge is 0.352 e. The van der Waals surface area contributed by atoms with Gasteiger partial charge in [-0.2, -0.15) is 0 Å². The summed E-state index contributed by atoms with van der Waals surface area (Å²) in [6.45, 7) is 2.15. The van der Waals surface area contributed by atoms with E-state index in [2.05, 4.69) is 28.8 Å². The zero-order valence-electron chi connectivity index (χ0n) is 16.4. The maximum atomic E-state index is 12.2. The topological polar surface area (TPSA) is 101 Å². The van der Waals surface area contributed by atoms with Gasteiger partial charge >= 0.3 is 0 Å². The average molecular weight is 395 g/mol. The first-order chi connectivity index (χ1) is 13.9. The van der Waals surface area contributed by atoms with Crippen molar-refractivity contribution >= 4 is 17.5 Å². The van der Waals surface area contributed by atoms with Crippen LogP contribution in [0, 0.1) is 10.1 Å². The summed E-state index contributed by atoms with van der Waals surface area (Å²) in [5.74, 6) is -0.505. The zero-order valence-corrected chi connectivity index (χ0v) is 16.4. The quantitative estimate of drug-likeness (QED) is 0.554. The van der Waals surface area contributed by atoms with Crippen LogP contribution in [0.3, 0.4) is 0 Å². The lowest BCUT2D eigenvalue weighted by atomic mass is 9.89. The van der Waals surface area contributed by atoms with Crippen molar-refractivity contribution in [3.8, 4) is 0 Å². The molecule has 7 heteroatoms. The molecule has 1 atom stereocenters. The molecule has 0 radical (unpaired) electrons. The predicted octanol–water partition coefficient (Wildman–Crippen LogP) is 3.47. The van der Waals surface area contributed by atoms with E-state index in [4.69, 9.17) is 0 Å². The number of carbonyl (C=O) groups excluding carboxylic acids is 2. The number of nitro groups is 1. The van der Waals surface area contributed by atoms with Crippen LogP contribution in [0.15, 0.2) is 42.5 Å². The SMILES string of the molecule is C[C@@H](NC(=O)CCNC(=O)c1ccc([N+](=O)[O-])cc1)c1ccc2c(c1)CCCC2. The molecule has 0 heterocycles. The van der Waals surface area contributed by atoms with Gasteiger partial charge in [-0.3, -0.25) is 19.7 Å². The van der Waals surface area contributed by atoms with Crippen molar-refractivity contribution in [1.82, 2.24) is 10.6 Å². The molecule has 1 aliphatic carbocycles. The van der Waals surface area contributed by atoms with E-state index in [0.29, 0.717) is 5.56 Å². The van der Waals surface area contributed by atoms with Crippen LogP contribution in [0.25, 0.3) is 0 Å². The smallest absolute Gasteiger partial charge is 0.269 e. The van der Waals surface area contributed by atoms with Crippen molar-refractivity contribution in [2.45, 2.75) is 45.1 Å². The number of rotatable bonds is 7. The molecule has 2 N–H and O–H groups in total. The van der Waals surface area contributed by atoms with Gasteiger partial charge in [-0.1, -0.05) is 18.2 Å². The van der Waals surface area contributed by atoms with Gasteiger partial charge in [-0.25, -0.2) is 0 Å². The Hall–Kier alpha value is -3.22. The lowest BCUT2D eigenvalue weighted by Gasteiger charge is -2.20. The van der Waals surface area contributed by atoms with E-state index in [9.17, 15) is 19.7 Å². The molecule has 0 aromatic heterocycles. The first-order valence-corrected chi connectivity index (χ1v) is 9.88. The summed E-state index contributed by atoms with van der Waals surface area (Å²) in [6, 6.07) is 11.7. The fourth-order valence-electron chi connectivity index (χ4n) is 3.55. The third kappa shape index (κ3) is 5.40. The van der Waals surface area contributed by atoms with Crippen molar-refractivity contribution < 1.29 is 14.5 Å². The van der Waals surface area contributed by atoms with Gasteiger partial charge in [0.1, 0.15) is 0 Å². The van der Waals surface area contributed by atoms with Crippen LogP contribution in [-0.4, -0.2) is 23.3 Å². The molecule has 3 rings (SSSR count). The van der Waals surface area contributed by atoms with Crippen LogP contribution in [0.4, 0.5) is 5.69 Å². The molecular weight excluding hydrogens is 370 g/mol. The maximum Gasteiger partial charge on any atom is 0.269 e. The van der Waals surface area contributed by atoms with Crippen LogP contribution in [0.2, 0.25) is 0 Å². The summed E-state index contributed by atoms with van der Waals surface area (Å²) < 4.78 is 0. The van der Waals surface area contributed by atoms with Gasteiger partial charge in [0.2, 0.25) is 5.91 Å². The fourth-order valence-corrected chi connectivity index (χ4v) is 3.55. The minimum atomic E-state index is -0.518. The van der Waals surface area contributed by atoms with Gasteiger partial charge in [-0.05, 0) is 61.4 Å². The van der Waals surface area contributed by atoms with Crippen LogP contribution >= 0.6 is 0 Å². The number of amides is 2. The van der Waals surface area contributed by atoms with Crippen LogP contribution in [0.5, 0.6) is 0 Å². The summed E-state index contributed by atoms with van der Waals surface area (Å²) in [6.07, 6.45) is 4.84. The van der Waals surface area contributed by atoms with Gasteiger partial charge < -0.3 is 10.6 Å². The number of fused-ring (bicyclic) bond motifs is 1. The number of nitro benzene ring substituents is 1. The third-order valence-electron chi connectivity index (χ3n) is 5.23. The molecule has 2 amide bonds. The van der Waals surface area contributed by atoms with E-state index in [0.717, 1.165) is 18.4 Å². The Bertz CT molecular complexity index is 909. The number of nitrogens with zero attached hydrogens (tertiary/aromatic N) is 1. The van der Waals surface area contributed by atoms with E-state index in [1.165, 1.54) is 48.2 Å². The Morgan fingerprint density at radius 3 is 2.45 bits per heavy atom. The van der Waals surface area contributed by atoms with Crippen molar-refractivity contribution in [1.29, 1.82) is 0 Å². The van der Waals surface area contributed by atoms with Crippen molar-refractivity contribution in [2.24, 2.45) is 0 Å². The number of hydrogen-bond acceptors (Lipinski definition) is 4. The highest BCUT2D eigenvalue weighted by molar-refractivity contribution is 5.94. The highest BCUT2D eigenvalue weighted by atomic mass is 16.6. The van der Waals surface area contributed by atoms with Crippen molar-refractivity contribution in [2.75, 3.05) is 6.54 Å². The highest BCUT2D eigenvalue weighted by Gasteiger charge is 2.15. The average Bonchev–Trinajstić information content (AvgIpc) is 2.73. The molecule has 1 aliphatic rings. The summed E-state index contributed by atoms with van der Waals surface area (Å²) in [5, 5.41) is 16.3. The molecule has 0 spiro atoms. The molecule has 0 fully saturated rings. The molecule has 7 nitrogen and oxygen atoms in total. The van der Waals surface area contributed by atoms with Gasteiger partial charge in [-0.15, -0.1) is 0 Å². The van der Waals surface area contributed by atoms with Gasteiger partial charge in [0.25, 0.3) is 11.6 Å². The normalized spacial score (nSPS) is 13.8. The van der Waals surface area contributed by atoms with Gasteiger partial charge in [0.05, 0.1) is 11.0 Å². The molecule has 0 saturated carbocycles. The van der Waals surface area contributed by atoms with E-state index in [-0.39, 0.29) is 36.5 Å². The number of benzene rings is 2. The van der Waals surface area contributed by atoms with Crippen LogP contribution < -0.4 is 10.6 Å². The van der Waals surface area contributed by atoms with Crippen LogP contribution in [-0.2, 0) is 17.6 Å². The molecule has 0 aliphatic heterocycles. The third-order valence-corrected chi connectivity index (χ3v) is 5.23. The fraction of sp³-hybridized carbons (Fsp3) is 0.364. The maximum absolute atomic E-state index is 12.2. The Morgan fingerprint density at radius 2 is 1.76 bits per heavy atom. The second-order valence-electron chi connectivity index (χ2n) is 7.33. The van der Waals surface area contributed by atoms with E-state index < -0.39 is 4.92 Å². The molecular formula is C22H25N3O4. The molecule has 0 bridgehead atoms. The number of nitrogens with one attached hydrogen (secondary N) is 2. The molecule has 2 aromatic carbocycles. The predicted molar refractivity (Wildman–Crippen MR) is 110 cm³/mol. The number of carbonyl (C=O) groups is 2. The first kappa shape index (κ1) is 20.5. The lowest BCUT2D eigenvalue weighted by Crippen LogP contribution is -2.32. The zero-order chi connectivity index (χ0) is 20.8. The first-order valence-electron chi connectivity index (χ1n) is 9.88. The van der Waals surface area contributed by atoms with Gasteiger partial charge in [0, 0.05) is 30.7 Å². The summed E-state index contributed by atoms with van der Waals surface area (Å²) in [5.41, 5.74) is 4.13. The monoisotopic (exact) mass is 395 g/mol. The van der Waals surface area contributed by atoms with E-state index in [1.807, 2.05) is 6.92 Å². The standard InChI is InChI=1S/C22H25N3O4/c1-15(18-7-6-16-4-2-3-5-19(16)14-18)24-21(26)12-13-23-22(27)17-8-10-20(11-9-17)25(28)29/h6-11,14-15H,2-5,12-13H2,1H3,(H,23,27)(H,24,26)/t15-/m1/s1. The minimum absolute atomic E-state index is 0.0721. The molecule has 152 valence electrons. The Balaban J connectivity index is 1.45. The van der Waals surface area contributed by atoms with Crippen molar-refractivity contribution in [3.63, 3.8) is 0 Å². The minimum Gasteiger partial charge on any atom is -0.352 e. The Labute approximate surface area is 169 Å². The van der Waals surface area contributed by atoms with E-state index in [1.54, 1.807) is 0 Å². The number of aryl methyl sites for hydroxylation is 2. The molecule has 2 aromatic rings. The lowest BCUT2D eigenvalue weighted by molar-refractivity contribution is -0.384. The summed E-state index contributed by atoms with van der Waals surface area (Å²) in [7, 11) is 0. The second-order valence-corrected chi connectivity index (χ2v) is 7.33. The number of hydrogen-bond donors (Lipinski definition) is 2. The highest BCUT2D eigenvalue weighted by Crippen LogP contribution is 2.24. The Morgan fingerprint density at radius 1 is 1.07 bits per heavy atom. The van der Waals surface area contributed by atoms with Crippen LogP contribution in [0.1, 0.15) is 59.3 Å². The molecule has 29 heavy (non-hydrogen) atoms. The number of non-ortho nitro benzene ring substituents is 1.